The van der Waals surface area contributed by atoms with Crippen LogP contribution in [-0.4, -0.2) is 17.4 Å². The van der Waals surface area contributed by atoms with Crippen LogP contribution in [0.15, 0.2) is 30.5 Å². The Kier molecular flexibility index (Phi) is 8.07. The minimum Gasteiger partial charge on any atom is -1.00 e. The van der Waals surface area contributed by atoms with Crippen molar-refractivity contribution < 1.29 is 31.1 Å². The zero-order valence-electron chi connectivity index (χ0n) is 13.1. The van der Waals surface area contributed by atoms with E-state index in [4.69, 9.17) is 10.5 Å². The van der Waals surface area contributed by atoms with Crippen LogP contribution < -0.4 is 27.3 Å². The van der Waals surface area contributed by atoms with Crippen molar-refractivity contribution in [2.45, 2.75) is 27.0 Å². The summed E-state index contributed by atoms with van der Waals surface area (Å²) in [5.74, 6) is 1.19. The molecular formula is C16H19BrIN3O2. The molecule has 2 rings (SSSR count). The first-order valence-electron chi connectivity index (χ1n) is 7.03. The molecule has 0 saturated heterocycles. The fourth-order valence-corrected chi connectivity index (χ4v) is 2.38. The lowest BCUT2D eigenvalue weighted by atomic mass is 10.1. The summed E-state index contributed by atoms with van der Waals surface area (Å²) in [7, 11) is 0. The van der Waals surface area contributed by atoms with Crippen LogP contribution in [0.3, 0.4) is 0 Å². The molecule has 1 heterocycles. The molecule has 2 N–H and O–H groups in total. The van der Waals surface area contributed by atoms with Crippen molar-refractivity contribution in [2.75, 3.05) is 12.3 Å². The Morgan fingerprint density at radius 2 is 2.00 bits per heavy atom. The van der Waals surface area contributed by atoms with E-state index in [0.29, 0.717) is 30.4 Å². The van der Waals surface area contributed by atoms with E-state index in [2.05, 4.69) is 27.6 Å². The molecule has 1 aromatic carbocycles. The van der Waals surface area contributed by atoms with Crippen LogP contribution in [-0.2, 0) is 17.9 Å². The number of nitrogens with zero attached hydrogens (tertiary/aromatic N) is 2. The van der Waals surface area contributed by atoms with Gasteiger partial charge in [0.1, 0.15) is 6.20 Å². The number of nitrogens with two attached hydrogens (primary N) is 1. The summed E-state index contributed by atoms with van der Waals surface area (Å²) in [5, 5.41) is 0. The predicted octanol–water partition coefficient (Wildman–Crippen LogP) is -0.712. The van der Waals surface area contributed by atoms with Gasteiger partial charge in [-0.2, -0.15) is 0 Å². The third-order valence-corrected chi connectivity index (χ3v) is 4.00. The SMILES string of the molecule is CCOCc1c[n+](CC(=O)c2ccc(I)cc2)c(C)nc1N.[Br-]. The van der Waals surface area contributed by atoms with Crippen molar-refractivity contribution in [1.29, 1.82) is 0 Å². The van der Waals surface area contributed by atoms with Gasteiger partial charge in [-0.1, -0.05) is 12.1 Å². The number of carbonyl (C=O) groups excluding carboxylic acids is 1. The number of benzene rings is 1. The molecule has 23 heavy (non-hydrogen) atoms. The van der Waals surface area contributed by atoms with Crippen molar-refractivity contribution in [3.05, 3.63) is 51.0 Å². The molecular weight excluding hydrogens is 473 g/mol. The molecule has 7 heteroatoms. The highest BCUT2D eigenvalue weighted by Gasteiger charge is 2.18. The molecule has 1 aromatic heterocycles. The molecule has 0 radical (unpaired) electrons. The van der Waals surface area contributed by atoms with Crippen molar-refractivity contribution in [3.63, 3.8) is 0 Å². The number of ether oxygens (including phenoxy) is 1. The molecule has 124 valence electrons. The summed E-state index contributed by atoms with van der Waals surface area (Å²) in [6.07, 6.45) is 1.85. The van der Waals surface area contributed by atoms with E-state index in [1.54, 1.807) is 0 Å². The van der Waals surface area contributed by atoms with E-state index in [1.165, 1.54) is 0 Å². The highest BCUT2D eigenvalue weighted by atomic mass is 127. The first-order chi connectivity index (χ1) is 10.5. The second-order valence-corrected chi connectivity index (χ2v) is 6.14. The van der Waals surface area contributed by atoms with Crippen molar-refractivity contribution in [1.82, 2.24) is 4.98 Å². The molecule has 0 aliphatic rings. The van der Waals surface area contributed by atoms with Gasteiger partial charge in [0.15, 0.2) is 6.54 Å². The summed E-state index contributed by atoms with van der Waals surface area (Å²) in [4.78, 5) is 16.7. The van der Waals surface area contributed by atoms with Gasteiger partial charge in [0, 0.05) is 22.7 Å². The van der Waals surface area contributed by atoms with Crippen LogP contribution in [0.1, 0.15) is 28.7 Å². The fourth-order valence-electron chi connectivity index (χ4n) is 2.02. The van der Waals surface area contributed by atoms with Crippen molar-refractivity contribution >= 4 is 34.2 Å². The maximum atomic E-state index is 12.4. The second-order valence-electron chi connectivity index (χ2n) is 4.89. The Morgan fingerprint density at radius 1 is 1.35 bits per heavy atom. The van der Waals surface area contributed by atoms with E-state index >= 15 is 0 Å². The van der Waals surface area contributed by atoms with E-state index in [1.807, 2.05) is 48.9 Å². The topological polar surface area (TPSA) is 69.1 Å². The first-order valence-corrected chi connectivity index (χ1v) is 8.11. The monoisotopic (exact) mass is 491 g/mol. The van der Waals surface area contributed by atoms with Crippen molar-refractivity contribution in [2.24, 2.45) is 0 Å². The average Bonchev–Trinajstić information content (AvgIpc) is 2.49. The highest BCUT2D eigenvalue weighted by molar-refractivity contribution is 14.1. The normalized spacial score (nSPS) is 10.2. The number of hydrogen-bond acceptors (Lipinski definition) is 4. The summed E-state index contributed by atoms with van der Waals surface area (Å²) in [5.41, 5.74) is 7.38. The molecule has 0 spiro atoms. The number of aryl methyl sites for hydroxylation is 1. The molecule has 0 amide bonds. The third-order valence-electron chi connectivity index (χ3n) is 3.28. The second kappa shape index (κ2) is 9.29. The van der Waals surface area contributed by atoms with Gasteiger partial charge >= 0.3 is 0 Å². The zero-order valence-corrected chi connectivity index (χ0v) is 16.8. The lowest BCUT2D eigenvalue weighted by molar-refractivity contribution is -0.692. The largest absolute Gasteiger partial charge is 1.00 e. The Morgan fingerprint density at radius 3 is 2.61 bits per heavy atom. The summed E-state index contributed by atoms with van der Waals surface area (Å²) in [6, 6.07) is 7.53. The smallest absolute Gasteiger partial charge is 0.298 e. The molecule has 0 aliphatic carbocycles. The third kappa shape index (κ3) is 5.50. The van der Waals surface area contributed by atoms with E-state index in [0.717, 1.165) is 9.13 Å². The molecule has 0 atom stereocenters. The maximum Gasteiger partial charge on any atom is 0.298 e. The van der Waals surface area contributed by atoms with Gasteiger partial charge in [0.05, 0.1) is 12.2 Å². The van der Waals surface area contributed by atoms with Gasteiger partial charge in [0.2, 0.25) is 11.6 Å². The number of halogens is 2. The average molecular weight is 492 g/mol. The van der Waals surface area contributed by atoms with Crippen LogP contribution in [0.2, 0.25) is 0 Å². The number of anilines is 1. The predicted molar refractivity (Wildman–Crippen MR) is 92.4 cm³/mol. The summed E-state index contributed by atoms with van der Waals surface area (Å²) in [6.45, 7) is 5.00. The number of aromatic nitrogens is 2. The lowest BCUT2D eigenvalue weighted by Crippen LogP contribution is -3.00. The van der Waals surface area contributed by atoms with Crippen LogP contribution in [0.5, 0.6) is 0 Å². The number of rotatable bonds is 6. The van der Waals surface area contributed by atoms with Crippen LogP contribution in [0, 0.1) is 10.5 Å². The van der Waals surface area contributed by atoms with Gasteiger partial charge < -0.3 is 27.5 Å². The minimum absolute atomic E-state index is 0. The molecule has 0 saturated carbocycles. The maximum absolute atomic E-state index is 12.4. The van der Waals surface area contributed by atoms with E-state index < -0.39 is 0 Å². The highest BCUT2D eigenvalue weighted by Crippen LogP contribution is 2.10. The fraction of sp³-hybridized carbons (Fsp3) is 0.312. The number of Topliss-reactive ketones (excluding diaryl/α,β-unsaturated/α-hetero) is 1. The van der Waals surface area contributed by atoms with Crippen LogP contribution >= 0.6 is 22.6 Å². The van der Waals surface area contributed by atoms with Gasteiger partial charge in [-0.05, 0) is 46.6 Å². The Hall–Kier alpha value is -1.06. The van der Waals surface area contributed by atoms with E-state index in [-0.39, 0.29) is 29.3 Å². The number of carbonyl (C=O) groups is 1. The lowest BCUT2D eigenvalue weighted by Gasteiger charge is -2.06. The van der Waals surface area contributed by atoms with Crippen LogP contribution in [0.4, 0.5) is 5.82 Å². The minimum atomic E-state index is 0. The molecule has 0 unspecified atom stereocenters. The molecule has 0 fully saturated rings. The number of ketones is 1. The van der Waals surface area contributed by atoms with Gasteiger partial charge in [-0.15, -0.1) is 0 Å². The van der Waals surface area contributed by atoms with Gasteiger partial charge in [-0.25, -0.2) is 4.57 Å². The molecule has 2 aromatic rings. The zero-order chi connectivity index (χ0) is 16.1. The number of hydrogen-bond donors (Lipinski definition) is 1. The summed E-state index contributed by atoms with van der Waals surface area (Å²) >= 11 is 2.22. The standard InChI is InChI=1S/C16H18IN3O2.BrH/c1-3-22-10-13-8-20(11(2)19-16(13)18)9-15(21)12-4-6-14(17)7-5-12;/h4-8,18H,3,9-10H2,1-2H3;1H. The van der Waals surface area contributed by atoms with E-state index in [9.17, 15) is 4.79 Å². The van der Waals surface area contributed by atoms with Gasteiger partial charge in [0.25, 0.3) is 5.82 Å². The van der Waals surface area contributed by atoms with Crippen LogP contribution in [0.25, 0.3) is 0 Å². The van der Waals surface area contributed by atoms with Crippen molar-refractivity contribution in [3.8, 4) is 0 Å². The Balaban J connectivity index is 0.00000264. The quantitative estimate of drug-likeness (QED) is 0.329. The summed E-state index contributed by atoms with van der Waals surface area (Å²) < 4.78 is 8.29. The molecule has 0 aliphatic heterocycles. The Labute approximate surface area is 160 Å². The number of nitrogen functional groups attached to an aromatic ring is 1. The molecule has 5 nitrogen and oxygen atoms in total. The van der Waals surface area contributed by atoms with Gasteiger partial charge in [-0.3, -0.25) is 4.79 Å². The first kappa shape index (κ1) is 20.0. The molecule has 0 bridgehead atoms. The Bertz CT molecular complexity index is 678.